The molecule has 1 aliphatic rings. The van der Waals surface area contributed by atoms with Crippen molar-refractivity contribution in [3.63, 3.8) is 0 Å². The van der Waals surface area contributed by atoms with E-state index < -0.39 is 0 Å². The maximum Gasteiger partial charge on any atom is 0.225 e. The quantitative estimate of drug-likeness (QED) is 0.649. The molecule has 7 heteroatoms. The smallest absolute Gasteiger partial charge is 0.225 e. The normalized spacial score (nSPS) is 18.1. The average Bonchev–Trinajstić information content (AvgIpc) is 2.67. The highest BCUT2D eigenvalue weighted by molar-refractivity contribution is 5.80. The number of aryl methyl sites for hydroxylation is 1. The molecule has 2 N–H and O–H groups in total. The van der Waals surface area contributed by atoms with Gasteiger partial charge in [-0.1, -0.05) is 6.07 Å². The van der Waals surface area contributed by atoms with E-state index >= 15 is 0 Å². The summed E-state index contributed by atoms with van der Waals surface area (Å²) in [5.74, 6) is 1.59. The van der Waals surface area contributed by atoms with Gasteiger partial charge in [0.15, 0.2) is 5.96 Å². The number of rotatable bonds is 4. The maximum absolute atomic E-state index is 4.41. The average molecular weight is 339 g/mol. The molecule has 0 radical (unpaired) electrons. The second kappa shape index (κ2) is 8.41. The van der Waals surface area contributed by atoms with Crippen molar-refractivity contribution < 1.29 is 0 Å². The van der Waals surface area contributed by atoms with E-state index in [1.54, 1.807) is 19.4 Å². The summed E-state index contributed by atoms with van der Waals surface area (Å²) in [4.78, 5) is 19.7. The number of nitrogens with one attached hydrogen (secondary N) is 2. The van der Waals surface area contributed by atoms with Crippen LogP contribution in [0, 0.1) is 6.92 Å². The minimum atomic E-state index is 0.314. The number of guanidine groups is 1. The van der Waals surface area contributed by atoms with Crippen LogP contribution >= 0.6 is 0 Å². The molecule has 0 amide bonds. The van der Waals surface area contributed by atoms with E-state index in [-0.39, 0.29) is 0 Å². The van der Waals surface area contributed by atoms with Crippen molar-refractivity contribution in [2.45, 2.75) is 32.4 Å². The highest BCUT2D eigenvalue weighted by Gasteiger charge is 2.22. The SMILES string of the molecule is CN=C(NCc1ncccc1C)NC1CCCN(c2ncccn2)C1. The summed E-state index contributed by atoms with van der Waals surface area (Å²) in [6.07, 6.45) is 7.60. The molecule has 0 saturated carbocycles. The third-order valence-corrected chi connectivity index (χ3v) is 4.36. The number of aromatic nitrogens is 3. The van der Waals surface area contributed by atoms with Crippen LogP contribution in [0.1, 0.15) is 24.1 Å². The van der Waals surface area contributed by atoms with Gasteiger partial charge in [-0.15, -0.1) is 0 Å². The van der Waals surface area contributed by atoms with Crippen LogP contribution in [0.15, 0.2) is 41.8 Å². The Morgan fingerprint density at radius 2 is 2.04 bits per heavy atom. The number of anilines is 1. The Balaban J connectivity index is 1.55. The van der Waals surface area contributed by atoms with Gasteiger partial charge < -0.3 is 15.5 Å². The molecule has 3 rings (SSSR count). The zero-order valence-electron chi connectivity index (χ0n) is 14.8. The van der Waals surface area contributed by atoms with Crippen LogP contribution < -0.4 is 15.5 Å². The molecule has 25 heavy (non-hydrogen) atoms. The number of aliphatic imine (C=N–C) groups is 1. The number of hydrogen-bond donors (Lipinski definition) is 2. The largest absolute Gasteiger partial charge is 0.352 e. The lowest BCUT2D eigenvalue weighted by atomic mass is 10.1. The highest BCUT2D eigenvalue weighted by atomic mass is 15.3. The lowest BCUT2D eigenvalue weighted by Gasteiger charge is -2.33. The Hall–Kier alpha value is -2.70. The predicted molar refractivity (Wildman–Crippen MR) is 99.6 cm³/mol. The summed E-state index contributed by atoms with van der Waals surface area (Å²) >= 11 is 0. The van der Waals surface area contributed by atoms with Gasteiger partial charge in [0.05, 0.1) is 12.2 Å². The molecular formula is C18H25N7. The molecule has 7 nitrogen and oxygen atoms in total. The van der Waals surface area contributed by atoms with Crippen molar-refractivity contribution in [1.29, 1.82) is 0 Å². The van der Waals surface area contributed by atoms with E-state index in [0.29, 0.717) is 12.6 Å². The van der Waals surface area contributed by atoms with Gasteiger partial charge in [0.2, 0.25) is 5.95 Å². The van der Waals surface area contributed by atoms with Crippen LogP contribution in [0.2, 0.25) is 0 Å². The molecule has 1 unspecified atom stereocenters. The van der Waals surface area contributed by atoms with Crippen molar-refractivity contribution in [2.75, 3.05) is 25.0 Å². The van der Waals surface area contributed by atoms with E-state index in [4.69, 9.17) is 0 Å². The van der Waals surface area contributed by atoms with Crippen LogP contribution in [0.25, 0.3) is 0 Å². The van der Waals surface area contributed by atoms with Crippen molar-refractivity contribution in [2.24, 2.45) is 4.99 Å². The summed E-state index contributed by atoms with van der Waals surface area (Å²) < 4.78 is 0. The summed E-state index contributed by atoms with van der Waals surface area (Å²) in [5.41, 5.74) is 2.21. The second-order valence-electron chi connectivity index (χ2n) is 6.17. The summed E-state index contributed by atoms with van der Waals surface area (Å²) in [5, 5.41) is 6.86. The number of nitrogens with zero attached hydrogens (tertiary/aromatic N) is 5. The van der Waals surface area contributed by atoms with Gasteiger partial charge in [0, 0.05) is 44.8 Å². The Labute approximate surface area is 148 Å². The first-order valence-corrected chi connectivity index (χ1v) is 8.66. The Bertz CT molecular complexity index is 702. The lowest BCUT2D eigenvalue weighted by Crippen LogP contribution is -2.51. The fourth-order valence-corrected chi connectivity index (χ4v) is 2.99. The van der Waals surface area contributed by atoms with Crippen LogP contribution in [-0.4, -0.2) is 47.1 Å². The van der Waals surface area contributed by atoms with Crippen molar-refractivity contribution in [1.82, 2.24) is 25.6 Å². The molecule has 1 saturated heterocycles. The van der Waals surface area contributed by atoms with E-state index in [1.165, 1.54) is 5.56 Å². The molecule has 1 aliphatic heterocycles. The van der Waals surface area contributed by atoms with Gasteiger partial charge in [-0.05, 0) is 37.5 Å². The van der Waals surface area contributed by atoms with Crippen LogP contribution in [0.5, 0.6) is 0 Å². The Morgan fingerprint density at radius 3 is 2.80 bits per heavy atom. The van der Waals surface area contributed by atoms with Gasteiger partial charge in [-0.2, -0.15) is 0 Å². The molecular weight excluding hydrogens is 314 g/mol. The maximum atomic E-state index is 4.41. The Morgan fingerprint density at radius 1 is 1.24 bits per heavy atom. The van der Waals surface area contributed by atoms with E-state index in [1.807, 2.05) is 18.3 Å². The fourth-order valence-electron chi connectivity index (χ4n) is 2.99. The topological polar surface area (TPSA) is 78.3 Å². The van der Waals surface area contributed by atoms with Crippen molar-refractivity contribution in [3.05, 3.63) is 48.0 Å². The monoisotopic (exact) mass is 339 g/mol. The standard InChI is InChI=1S/C18H25N7/c1-14-6-3-8-20-16(14)12-23-17(19-2)24-15-7-4-11-25(13-15)18-21-9-5-10-22-18/h3,5-6,8-10,15H,4,7,11-13H2,1-2H3,(H2,19,23,24). The van der Waals surface area contributed by atoms with Gasteiger partial charge >= 0.3 is 0 Å². The summed E-state index contributed by atoms with van der Waals surface area (Å²) in [6, 6.07) is 6.18. The van der Waals surface area contributed by atoms with E-state index in [0.717, 1.165) is 43.5 Å². The van der Waals surface area contributed by atoms with Crippen molar-refractivity contribution in [3.8, 4) is 0 Å². The molecule has 2 aromatic rings. The van der Waals surface area contributed by atoms with Gasteiger partial charge in [0.1, 0.15) is 0 Å². The third kappa shape index (κ3) is 4.65. The zero-order chi connectivity index (χ0) is 17.5. The first-order chi connectivity index (χ1) is 12.3. The molecule has 0 spiro atoms. The minimum absolute atomic E-state index is 0.314. The molecule has 0 aromatic carbocycles. The van der Waals surface area contributed by atoms with Crippen LogP contribution in [0.4, 0.5) is 5.95 Å². The van der Waals surface area contributed by atoms with Crippen LogP contribution in [0.3, 0.4) is 0 Å². The van der Waals surface area contributed by atoms with Crippen molar-refractivity contribution >= 4 is 11.9 Å². The molecule has 0 aliphatic carbocycles. The molecule has 1 fully saturated rings. The van der Waals surface area contributed by atoms with Gasteiger partial charge in [-0.3, -0.25) is 9.98 Å². The summed E-state index contributed by atoms with van der Waals surface area (Å²) in [7, 11) is 1.79. The van der Waals surface area contributed by atoms with Gasteiger partial charge in [-0.25, -0.2) is 9.97 Å². The number of piperidine rings is 1. The number of hydrogen-bond acceptors (Lipinski definition) is 5. The molecule has 3 heterocycles. The Kier molecular flexibility index (Phi) is 5.77. The lowest BCUT2D eigenvalue weighted by molar-refractivity contribution is 0.463. The molecule has 132 valence electrons. The van der Waals surface area contributed by atoms with E-state index in [2.05, 4.69) is 48.5 Å². The highest BCUT2D eigenvalue weighted by Crippen LogP contribution is 2.15. The zero-order valence-corrected chi connectivity index (χ0v) is 14.8. The van der Waals surface area contributed by atoms with E-state index in [9.17, 15) is 0 Å². The van der Waals surface area contributed by atoms with Gasteiger partial charge in [0.25, 0.3) is 0 Å². The molecule has 1 atom stereocenters. The first-order valence-electron chi connectivity index (χ1n) is 8.66. The minimum Gasteiger partial charge on any atom is -0.352 e. The second-order valence-corrected chi connectivity index (χ2v) is 6.17. The first kappa shape index (κ1) is 17.1. The predicted octanol–water partition coefficient (Wildman–Crippen LogP) is 1.51. The summed E-state index contributed by atoms with van der Waals surface area (Å²) in [6.45, 7) is 4.58. The van der Waals surface area contributed by atoms with Crippen LogP contribution in [-0.2, 0) is 6.54 Å². The molecule has 0 bridgehead atoms. The number of pyridine rings is 1. The third-order valence-electron chi connectivity index (χ3n) is 4.36. The molecule has 2 aromatic heterocycles. The fraction of sp³-hybridized carbons (Fsp3) is 0.444.